The molecule has 1 atom stereocenters. The minimum absolute atomic E-state index is 0.0839. The van der Waals surface area contributed by atoms with Crippen molar-refractivity contribution in [3.05, 3.63) is 30.2 Å². The molecule has 6 nitrogen and oxygen atoms in total. The Morgan fingerprint density at radius 1 is 1.31 bits per heavy atom. The third kappa shape index (κ3) is 3.09. The Bertz CT molecular complexity index is 968. The van der Waals surface area contributed by atoms with E-state index in [0.29, 0.717) is 24.1 Å². The molecule has 26 heavy (non-hydrogen) atoms. The van der Waals surface area contributed by atoms with E-state index >= 15 is 0 Å². The van der Waals surface area contributed by atoms with Gasteiger partial charge in [0.05, 0.1) is 6.20 Å². The summed E-state index contributed by atoms with van der Waals surface area (Å²) in [4.78, 5) is 20.5. The molecular weight excluding hydrogens is 347 g/mol. The molecule has 0 saturated carbocycles. The van der Waals surface area contributed by atoms with Crippen LogP contribution >= 0.6 is 0 Å². The van der Waals surface area contributed by atoms with E-state index in [-0.39, 0.29) is 12.5 Å². The standard InChI is InChI=1S/C17H16F3N5O/c18-17(19,20)6-14(26)25-5-1-2-10(9-25)12-7-21-8-13-15(12)11-3-4-22-16(11)24-23-13/h3-4,7-8,10H,1-2,5-6,9H2,(H,22,24). The molecular formula is C17H16F3N5O. The molecule has 1 N–H and O–H groups in total. The van der Waals surface area contributed by atoms with Gasteiger partial charge in [-0.05, 0) is 24.5 Å². The zero-order valence-corrected chi connectivity index (χ0v) is 13.8. The molecule has 1 amide bonds. The fourth-order valence-electron chi connectivity index (χ4n) is 3.63. The van der Waals surface area contributed by atoms with Crippen molar-refractivity contribution in [1.29, 1.82) is 0 Å². The van der Waals surface area contributed by atoms with Crippen LogP contribution in [0.5, 0.6) is 0 Å². The van der Waals surface area contributed by atoms with Crippen molar-refractivity contribution >= 4 is 27.8 Å². The van der Waals surface area contributed by atoms with Crippen molar-refractivity contribution in [3.63, 3.8) is 0 Å². The number of hydrogen-bond acceptors (Lipinski definition) is 4. The fraction of sp³-hybridized carbons (Fsp3) is 0.412. The summed E-state index contributed by atoms with van der Waals surface area (Å²) in [6, 6.07) is 1.89. The van der Waals surface area contributed by atoms with Crippen LogP contribution in [-0.4, -0.2) is 50.2 Å². The first-order valence-electron chi connectivity index (χ1n) is 8.34. The first-order chi connectivity index (χ1) is 12.4. The first kappa shape index (κ1) is 16.7. The van der Waals surface area contributed by atoms with Crippen molar-refractivity contribution in [3.8, 4) is 0 Å². The van der Waals surface area contributed by atoms with Crippen LogP contribution in [0, 0.1) is 0 Å². The zero-order chi connectivity index (χ0) is 18.3. The summed E-state index contributed by atoms with van der Waals surface area (Å²) in [6.07, 6.45) is 0.638. The number of nitrogens with one attached hydrogen (secondary N) is 1. The summed E-state index contributed by atoms with van der Waals surface area (Å²) in [6.45, 7) is 0.604. The van der Waals surface area contributed by atoms with Gasteiger partial charge in [0, 0.05) is 42.2 Å². The van der Waals surface area contributed by atoms with Crippen LogP contribution in [0.15, 0.2) is 24.7 Å². The zero-order valence-electron chi connectivity index (χ0n) is 13.8. The van der Waals surface area contributed by atoms with Gasteiger partial charge in [-0.15, -0.1) is 10.2 Å². The maximum atomic E-state index is 12.6. The monoisotopic (exact) mass is 363 g/mol. The van der Waals surface area contributed by atoms with E-state index in [1.165, 1.54) is 4.90 Å². The number of pyridine rings is 1. The normalized spacial score (nSPS) is 18.6. The molecule has 1 unspecified atom stereocenters. The van der Waals surface area contributed by atoms with Gasteiger partial charge in [-0.1, -0.05) is 0 Å². The second-order valence-electron chi connectivity index (χ2n) is 6.53. The number of rotatable bonds is 2. The molecule has 3 aromatic rings. The molecule has 3 aromatic heterocycles. The van der Waals surface area contributed by atoms with Gasteiger partial charge >= 0.3 is 6.18 Å². The predicted molar refractivity (Wildman–Crippen MR) is 88.4 cm³/mol. The van der Waals surface area contributed by atoms with Crippen molar-refractivity contribution in [2.45, 2.75) is 31.4 Å². The minimum atomic E-state index is -4.49. The van der Waals surface area contributed by atoms with Gasteiger partial charge in [-0.3, -0.25) is 9.78 Å². The number of aromatic nitrogens is 4. The van der Waals surface area contributed by atoms with Gasteiger partial charge in [0.25, 0.3) is 0 Å². The average Bonchev–Trinajstić information content (AvgIpc) is 3.09. The molecule has 4 rings (SSSR count). The van der Waals surface area contributed by atoms with Crippen LogP contribution in [0.25, 0.3) is 21.9 Å². The fourth-order valence-corrected chi connectivity index (χ4v) is 3.63. The van der Waals surface area contributed by atoms with Crippen LogP contribution in [0.2, 0.25) is 0 Å². The van der Waals surface area contributed by atoms with E-state index in [9.17, 15) is 18.0 Å². The highest BCUT2D eigenvalue weighted by Gasteiger charge is 2.35. The lowest BCUT2D eigenvalue weighted by molar-refractivity contribution is -0.162. The number of fused-ring (bicyclic) bond motifs is 3. The van der Waals surface area contributed by atoms with E-state index in [1.807, 2.05) is 6.07 Å². The molecule has 1 saturated heterocycles. The molecule has 0 radical (unpaired) electrons. The molecule has 4 heterocycles. The van der Waals surface area contributed by atoms with Gasteiger partial charge in [0.15, 0.2) is 5.65 Å². The third-order valence-corrected chi connectivity index (χ3v) is 4.77. The van der Waals surface area contributed by atoms with Crippen molar-refractivity contribution < 1.29 is 18.0 Å². The average molecular weight is 363 g/mol. The van der Waals surface area contributed by atoms with E-state index in [0.717, 1.165) is 22.8 Å². The van der Waals surface area contributed by atoms with Crippen LogP contribution in [-0.2, 0) is 4.79 Å². The Kier molecular flexibility index (Phi) is 4.01. The van der Waals surface area contributed by atoms with Gasteiger partial charge in [0.2, 0.25) is 5.91 Å². The van der Waals surface area contributed by atoms with E-state index in [1.54, 1.807) is 18.6 Å². The highest BCUT2D eigenvalue weighted by atomic mass is 19.4. The Balaban J connectivity index is 1.69. The van der Waals surface area contributed by atoms with Crippen molar-refractivity contribution in [2.75, 3.05) is 13.1 Å². The molecule has 0 spiro atoms. The molecule has 1 aliphatic rings. The quantitative estimate of drug-likeness (QED) is 0.759. The Morgan fingerprint density at radius 3 is 2.96 bits per heavy atom. The number of halogens is 3. The molecule has 0 aliphatic carbocycles. The number of carbonyl (C=O) groups is 1. The minimum Gasteiger partial charge on any atom is -0.345 e. The number of hydrogen-bond donors (Lipinski definition) is 1. The Morgan fingerprint density at radius 2 is 2.15 bits per heavy atom. The van der Waals surface area contributed by atoms with E-state index in [4.69, 9.17) is 0 Å². The lowest BCUT2D eigenvalue weighted by Gasteiger charge is -2.33. The molecule has 136 valence electrons. The van der Waals surface area contributed by atoms with Gasteiger partial charge in [-0.2, -0.15) is 13.2 Å². The number of piperidine rings is 1. The van der Waals surface area contributed by atoms with Crippen LogP contribution in [0.4, 0.5) is 13.2 Å². The predicted octanol–water partition coefficient (Wildman–Crippen LogP) is 3.16. The smallest absolute Gasteiger partial charge is 0.345 e. The SMILES string of the molecule is O=C(CC(F)(F)F)N1CCCC(c2cncc3nnc4[nH]ccc4c23)C1. The van der Waals surface area contributed by atoms with Gasteiger partial charge < -0.3 is 9.88 Å². The number of alkyl halides is 3. The topological polar surface area (TPSA) is 74.8 Å². The maximum absolute atomic E-state index is 12.6. The molecule has 9 heteroatoms. The summed E-state index contributed by atoms with van der Waals surface area (Å²) in [7, 11) is 0. The third-order valence-electron chi connectivity index (χ3n) is 4.77. The van der Waals surface area contributed by atoms with E-state index < -0.39 is 18.5 Å². The number of nitrogens with zero attached hydrogens (tertiary/aromatic N) is 4. The highest BCUT2D eigenvalue weighted by Crippen LogP contribution is 2.34. The van der Waals surface area contributed by atoms with Crippen molar-refractivity contribution in [1.82, 2.24) is 25.1 Å². The second kappa shape index (κ2) is 6.22. The Hall–Kier alpha value is -2.71. The van der Waals surface area contributed by atoms with Crippen LogP contribution in [0.1, 0.15) is 30.7 Å². The van der Waals surface area contributed by atoms with Gasteiger partial charge in [-0.25, -0.2) is 0 Å². The van der Waals surface area contributed by atoms with Crippen LogP contribution < -0.4 is 0 Å². The number of H-pyrrole nitrogens is 1. The Labute approximate surface area is 146 Å². The second-order valence-corrected chi connectivity index (χ2v) is 6.53. The number of aromatic amines is 1. The van der Waals surface area contributed by atoms with Crippen LogP contribution in [0.3, 0.4) is 0 Å². The molecule has 1 aliphatic heterocycles. The lowest BCUT2D eigenvalue weighted by atomic mass is 9.88. The summed E-state index contributed by atoms with van der Waals surface area (Å²) < 4.78 is 37.7. The first-order valence-corrected chi connectivity index (χ1v) is 8.34. The summed E-state index contributed by atoms with van der Waals surface area (Å²) in [5.41, 5.74) is 2.17. The van der Waals surface area contributed by atoms with E-state index in [2.05, 4.69) is 20.2 Å². The lowest BCUT2D eigenvalue weighted by Crippen LogP contribution is -2.40. The molecule has 0 bridgehead atoms. The summed E-state index contributed by atoms with van der Waals surface area (Å²) in [5.74, 6) is -0.957. The molecule has 0 aromatic carbocycles. The van der Waals surface area contributed by atoms with Gasteiger partial charge in [0.1, 0.15) is 11.9 Å². The largest absolute Gasteiger partial charge is 0.397 e. The summed E-state index contributed by atoms with van der Waals surface area (Å²) >= 11 is 0. The maximum Gasteiger partial charge on any atom is 0.397 e. The number of carbonyl (C=O) groups excluding carboxylic acids is 1. The summed E-state index contributed by atoms with van der Waals surface area (Å²) in [5, 5.41) is 10.1. The number of amides is 1. The van der Waals surface area contributed by atoms with Crippen molar-refractivity contribution in [2.24, 2.45) is 0 Å². The molecule has 1 fully saturated rings. The highest BCUT2D eigenvalue weighted by molar-refractivity contribution is 6.04. The number of likely N-dealkylation sites (tertiary alicyclic amines) is 1.